The number of hydrazine groups is 1. The van der Waals surface area contributed by atoms with Gasteiger partial charge in [-0.15, -0.1) is 0 Å². The van der Waals surface area contributed by atoms with Crippen molar-refractivity contribution in [1.29, 1.82) is 0 Å². The maximum atomic E-state index is 5.81. The second kappa shape index (κ2) is 6.35. The Morgan fingerprint density at radius 3 is 2.71 bits per heavy atom. The largest absolute Gasteiger partial charge is 0.271 e. The van der Waals surface area contributed by atoms with E-state index >= 15 is 0 Å². The summed E-state index contributed by atoms with van der Waals surface area (Å²) >= 11 is 3.60. The van der Waals surface area contributed by atoms with Gasteiger partial charge in [0.1, 0.15) is 0 Å². The summed E-state index contributed by atoms with van der Waals surface area (Å²) in [6.07, 6.45) is 2.62. The van der Waals surface area contributed by atoms with Crippen molar-refractivity contribution in [2.24, 2.45) is 5.84 Å². The number of aromatic nitrogens is 1. The number of fused-ring (bicyclic) bond motifs is 1. The molecule has 0 aliphatic heterocycles. The van der Waals surface area contributed by atoms with Crippen LogP contribution >= 0.6 is 15.9 Å². The molecule has 0 saturated heterocycles. The van der Waals surface area contributed by atoms with Crippen molar-refractivity contribution in [2.45, 2.75) is 12.5 Å². The summed E-state index contributed by atoms with van der Waals surface area (Å²) < 4.78 is 1.10. The molecule has 1 aromatic heterocycles. The number of hydrogen-bond acceptors (Lipinski definition) is 3. The van der Waals surface area contributed by atoms with Gasteiger partial charge in [-0.1, -0.05) is 52.3 Å². The molecule has 4 heteroatoms. The molecule has 0 fully saturated rings. The number of nitrogens with zero attached hydrogens (tertiary/aromatic N) is 1. The lowest BCUT2D eigenvalue weighted by molar-refractivity contribution is 0.554. The number of benzene rings is 2. The number of nitrogens with one attached hydrogen (secondary N) is 1. The van der Waals surface area contributed by atoms with Gasteiger partial charge in [-0.25, -0.2) is 0 Å². The minimum atomic E-state index is 0.0385. The van der Waals surface area contributed by atoms with Crippen molar-refractivity contribution in [2.75, 3.05) is 0 Å². The van der Waals surface area contributed by atoms with Gasteiger partial charge in [-0.05, 0) is 35.7 Å². The van der Waals surface area contributed by atoms with E-state index < -0.39 is 0 Å². The Kier molecular flexibility index (Phi) is 4.29. The minimum Gasteiger partial charge on any atom is -0.271 e. The third kappa shape index (κ3) is 2.97. The molecule has 2 aromatic carbocycles. The molecule has 3 aromatic rings. The first kappa shape index (κ1) is 14.2. The lowest BCUT2D eigenvalue weighted by atomic mass is 9.96. The first-order chi connectivity index (χ1) is 10.3. The third-order valence-corrected chi connectivity index (χ3v) is 4.41. The van der Waals surface area contributed by atoms with E-state index in [0.717, 1.165) is 21.8 Å². The molecule has 1 unspecified atom stereocenters. The van der Waals surface area contributed by atoms with Gasteiger partial charge in [0.25, 0.3) is 0 Å². The summed E-state index contributed by atoms with van der Waals surface area (Å²) in [6, 6.07) is 18.4. The topological polar surface area (TPSA) is 50.9 Å². The summed E-state index contributed by atoms with van der Waals surface area (Å²) in [5.74, 6) is 5.81. The SMILES string of the molecule is NNC(Cc1ccccc1Br)c1cccc2ncccc12. The number of hydrogen-bond donors (Lipinski definition) is 2. The summed E-state index contributed by atoms with van der Waals surface area (Å²) in [7, 11) is 0. The molecule has 1 heterocycles. The van der Waals surface area contributed by atoms with Gasteiger partial charge in [-0.2, -0.15) is 0 Å². The standard InChI is InChI=1S/C17H16BrN3/c18-15-8-2-1-5-12(15)11-17(21-19)14-6-3-9-16-13(14)7-4-10-20-16/h1-10,17,21H,11,19H2. The first-order valence-corrected chi connectivity index (χ1v) is 7.62. The Labute approximate surface area is 132 Å². The number of halogens is 1. The lowest BCUT2D eigenvalue weighted by Crippen LogP contribution is -2.29. The normalized spacial score (nSPS) is 12.5. The van der Waals surface area contributed by atoms with Crippen LogP contribution in [0.3, 0.4) is 0 Å². The Hall–Kier alpha value is -1.75. The molecule has 21 heavy (non-hydrogen) atoms. The van der Waals surface area contributed by atoms with Crippen LogP contribution in [-0.2, 0) is 6.42 Å². The van der Waals surface area contributed by atoms with E-state index in [1.165, 1.54) is 11.1 Å². The fourth-order valence-corrected chi connectivity index (χ4v) is 3.02. The van der Waals surface area contributed by atoms with E-state index in [1.54, 1.807) is 0 Å². The van der Waals surface area contributed by atoms with Crippen LogP contribution in [0.25, 0.3) is 10.9 Å². The predicted octanol–water partition coefficient (Wildman–Crippen LogP) is 3.74. The van der Waals surface area contributed by atoms with Crippen LogP contribution in [0.4, 0.5) is 0 Å². The van der Waals surface area contributed by atoms with Gasteiger partial charge in [0.15, 0.2) is 0 Å². The zero-order valence-electron chi connectivity index (χ0n) is 11.5. The van der Waals surface area contributed by atoms with Gasteiger partial charge in [0.2, 0.25) is 0 Å². The number of rotatable bonds is 4. The fraction of sp³-hybridized carbons (Fsp3) is 0.118. The Morgan fingerprint density at radius 2 is 1.90 bits per heavy atom. The van der Waals surface area contributed by atoms with E-state index in [-0.39, 0.29) is 6.04 Å². The molecule has 0 amide bonds. The smallest absolute Gasteiger partial charge is 0.0705 e. The summed E-state index contributed by atoms with van der Waals surface area (Å²) in [5, 5.41) is 1.13. The van der Waals surface area contributed by atoms with Crippen molar-refractivity contribution >= 4 is 26.8 Å². The second-order valence-electron chi connectivity index (χ2n) is 4.93. The number of nitrogens with two attached hydrogens (primary N) is 1. The van der Waals surface area contributed by atoms with E-state index in [4.69, 9.17) is 5.84 Å². The maximum Gasteiger partial charge on any atom is 0.0705 e. The van der Waals surface area contributed by atoms with Crippen LogP contribution < -0.4 is 11.3 Å². The highest BCUT2D eigenvalue weighted by Gasteiger charge is 2.15. The molecule has 0 aliphatic rings. The average molecular weight is 342 g/mol. The van der Waals surface area contributed by atoms with Crippen LogP contribution in [0.2, 0.25) is 0 Å². The van der Waals surface area contributed by atoms with Crippen molar-refractivity contribution in [3.05, 3.63) is 76.4 Å². The van der Waals surface area contributed by atoms with E-state index in [2.05, 4.69) is 44.5 Å². The molecular weight excluding hydrogens is 326 g/mol. The van der Waals surface area contributed by atoms with Crippen LogP contribution in [-0.4, -0.2) is 4.98 Å². The van der Waals surface area contributed by atoms with Crippen LogP contribution in [0.5, 0.6) is 0 Å². The van der Waals surface area contributed by atoms with Gasteiger partial charge < -0.3 is 0 Å². The maximum absolute atomic E-state index is 5.81. The average Bonchev–Trinajstić information content (AvgIpc) is 2.54. The van der Waals surface area contributed by atoms with E-state index in [9.17, 15) is 0 Å². The van der Waals surface area contributed by atoms with Crippen molar-refractivity contribution in [1.82, 2.24) is 10.4 Å². The predicted molar refractivity (Wildman–Crippen MR) is 89.7 cm³/mol. The van der Waals surface area contributed by atoms with Crippen molar-refractivity contribution in [3.63, 3.8) is 0 Å². The molecule has 0 radical (unpaired) electrons. The Morgan fingerprint density at radius 1 is 1.05 bits per heavy atom. The molecule has 0 spiro atoms. The quantitative estimate of drug-likeness (QED) is 0.561. The van der Waals surface area contributed by atoms with Gasteiger partial charge in [-0.3, -0.25) is 16.3 Å². The molecule has 3 N–H and O–H groups in total. The first-order valence-electron chi connectivity index (χ1n) is 6.83. The summed E-state index contributed by atoms with van der Waals surface area (Å²) in [4.78, 5) is 4.41. The van der Waals surface area contributed by atoms with Gasteiger partial charge >= 0.3 is 0 Å². The lowest BCUT2D eigenvalue weighted by Gasteiger charge is -2.19. The van der Waals surface area contributed by atoms with Crippen LogP contribution in [0.15, 0.2) is 65.3 Å². The number of pyridine rings is 1. The van der Waals surface area contributed by atoms with Crippen LogP contribution in [0, 0.1) is 0 Å². The van der Waals surface area contributed by atoms with Crippen LogP contribution in [0.1, 0.15) is 17.2 Å². The van der Waals surface area contributed by atoms with E-state index in [1.807, 2.05) is 42.6 Å². The molecule has 0 aliphatic carbocycles. The molecule has 106 valence electrons. The zero-order valence-corrected chi connectivity index (χ0v) is 13.0. The summed E-state index contributed by atoms with van der Waals surface area (Å²) in [6.45, 7) is 0. The molecule has 3 rings (SSSR count). The zero-order chi connectivity index (χ0) is 14.7. The molecule has 0 saturated carbocycles. The van der Waals surface area contributed by atoms with Crippen molar-refractivity contribution in [3.8, 4) is 0 Å². The monoisotopic (exact) mass is 341 g/mol. The Bertz CT molecular complexity index is 752. The molecule has 3 nitrogen and oxygen atoms in total. The second-order valence-corrected chi connectivity index (χ2v) is 5.79. The Balaban J connectivity index is 2.01. The van der Waals surface area contributed by atoms with Gasteiger partial charge in [0.05, 0.1) is 11.6 Å². The van der Waals surface area contributed by atoms with Crippen molar-refractivity contribution < 1.29 is 0 Å². The molecule has 0 bridgehead atoms. The molecular formula is C17H16BrN3. The van der Waals surface area contributed by atoms with Gasteiger partial charge in [0, 0.05) is 16.1 Å². The van der Waals surface area contributed by atoms with E-state index in [0.29, 0.717) is 0 Å². The molecule has 1 atom stereocenters. The minimum absolute atomic E-state index is 0.0385. The fourth-order valence-electron chi connectivity index (χ4n) is 2.57. The third-order valence-electron chi connectivity index (χ3n) is 3.64. The highest BCUT2D eigenvalue weighted by Crippen LogP contribution is 2.27. The highest BCUT2D eigenvalue weighted by molar-refractivity contribution is 9.10. The highest BCUT2D eigenvalue weighted by atomic mass is 79.9. The summed E-state index contributed by atoms with van der Waals surface area (Å²) in [5.41, 5.74) is 6.31.